The Morgan fingerprint density at radius 3 is 3.00 bits per heavy atom. The van der Waals surface area contributed by atoms with Crippen LogP contribution in [0.4, 0.5) is 11.5 Å². The number of aromatic nitrogens is 4. The molecule has 0 bridgehead atoms. The maximum Gasteiger partial charge on any atom is 0.149 e. The molecule has 0 aromatic carbocycles. The van der Waals surface area contributed by atoms with Crippen LogP contribution in [0.3, 0.4) is 0 Å². The van der Waals surface area contributed by atoms with Crippen molar-refractivity contribution in [2.45, 2.75) is 6.54 Å². The van der Waals surface area contributed by atoms with E-state index in [0.717, 1.165) is 10.3 Å². The number of halogens is 1. The molecule has 6 nitrogen and oxygen atoms in total. The smallest absolute Gasteiger partial charge is 0.149 e. The number of hydrogen-bond donors (Lipinski definition) is 3. The Hall–Kier alpha value is -1.63. The third kappa shape index (κ3) is 2.44. The predicted octanol–water partition coefficient (Wildman–Crippen LogP) is 1.16. The topological polar surface area (TPSA) is 92.5 Å². The summed E-state index contributed by atoms with van der Waals surface area (Å²) in [6.45, 7) is 0.513. The SMILES string of the molecule is Nc1cc(Br)cnc1NCc1ncn[nH]1. The molecule has 0 atom stereocenters. The molecule has 78 valence electrons. The number of rotatable bonds is 3. The Bertz CT molecular complexity index is 440. The highest BCUT2D eigenvalue weighted by molar-refractivity contribution is 9.10. The molecule has 7 heteroatoms. The first-order valence-corrected chi connectivity index (χ1v) is 5.04. The van der Waals surface area contributed by atoms with Gasteiger partial charge < -0.3 is 11.1 Å². The van der Waals surface area contributed by atoms with E-state index in [2.05, 4.69) is 41.4 Å². The Kier molecular flexibility index (Phi) is 2.82. The monoisotopic (exact) mass is 268 g/mol. The lowest BCUT2D eigenvalue weighted by Crippen LogP contribution is -2.05. The second kappa shape index (κ2) is 4.26. The van der Waals surface area contributed by atoms with Gasteiger partial charge in [-0.15, -0.1) is 0 Å². The summed E-state index contributed by atoms with van der Waals surface area (Å²) in [5, 5.41) is 9.52. The average Bonchev–Trinajstić information content (AvgIpc) is 2.69. The van der Waals surface area contributed by atoms with Gasteiger partial charge >= 0.3 is 0 Å². The van der Waals surface area contributed by atoms with Gasteiger partial charge in [-0.3, -0.25) is 5.10 Å². The Labute approximate surface area is 94.4 Å². The first kappa shape index (κ1) is 9.91. The molecule has 0 radical (unpaired) electrons. The first-order chi connectivity index (χ1) is 7.25. The van der Waals surface area contributed by atoms with Crippen molar-refractivity contribution in [1.82, 2.24) is 20.2 Å². The number of nitrogens with two attached hydrogens (primary N) is 1. The van der Waals surface area contributed by atoms with E-state index >= 15 is 0 Å². The van der Waals surface area contributed by atoms with Crippen LogP contribution in [0.15, 0.2) is 23.1 Å². The van der Waals surface area contributed by atoms with Gasteiger partial charge in [0.2, 0.25) is 0 Å². The third-order valence-corrected chi connectivity index (χ3v) is 2.21. The van der Waals surface area contributed by atoms with E-state index in [0.29, 0.717) is 18.1 Å². The summed E-state index contributed by atoms with van der Waals surface area (Å²) in [6, 6.07) is 1.79. The zero-order chi connectivity index (χ0) is 10.7. The fourth-order valence-corrected chi connectivity index (χ4v) is 1.44. The van der Waals surface area contributed by atoms with Gasteiger partial charge in [0.25, 0.3) is 0 Å². The summed E-state index contributed by atoms with van der Waals surface area (Å²) in [6.07, 6.45) is 3.13. The molecule has 0 amide bonds. The van der Waals surface area contributed by atoms with Crippen LogP contribution in [0, 0.1) is 0 Å². The van der Waals surface area contributed by atoms with Crippen molar-refractivity contribution in [3.63, 3.8) is 0 Å². The van der Waals surface area contributed by atoms with Crippen LogP contribution < -0.4 is 11.1 Å². The second-order valence-corrected chi connectivity index (χ2v) is 3.79. The van der Waals surface area contributed by atoms with E-state index in [9.17, 15) is 0 Å². The maximum absolute atomic E-state index is 5.76. The molecule has 2 heterocycles. The lowest BCUT2D eigenvalue weighted by Gasteiger charge is -2.06. The highest BCUT2D eigenvalue weighted by Gasteiger charge is 2.02. The van der Waals surface area contributed by atoms with Crippen molar-refractivity contribution in [2.24, 2.45) is 0 Å². The van der Waals surface area contributed by atoms with E-state index in [-0.39, 0.29) is 0 Å². The molecule has 15 heavy (non-hydrogen) atoms. The van der Waals surface area contributed by atoms with E-state index in [4.69, 9.17) is 5.73 Å². The fraction of sp³-hybridized carbons (Fsp3) is 0.125. The Morgan fingerprint density at radius 1 is 1.47 bits per heavy atom. The van der Waals surface area contributed by atoms with Gasteiger partial charge in [-0.1, -0.05) is 0 Å². The minimum Gasteiger partial charge on any atom is -0.396 e. The van der Waals surface area contributed by atoms with Crippen molar-refractivity contribution in [2.75, 3.05) is 11.1 Å². The van der Waals surface area contributed by atoms with E-state index < -0.39 is 0 Å². The lowest BCUT2D eigenvalue weighted by molar-refractivity contribution is 0.948. The van der Waals surface area contributed by atoms with Crippen LogP contribution in [0.1, 0.15) is 5.82 Å². The van der Waals surface area contributed by atoms with Gasteiger partial charge in [0.1, 0.15) is 18.0 Å². The molecule has 0 aliphatic rings. The zero-order valence-electron chi connectivity index (χ0n) is 7.74. The number of aromatic amines is 1. The zero-order valence-corrected chi connectivity index (χ0v) is 9.32. The van der Waals surface area contributed by atoms with E-state index in [1.165, 1.54) is 6.33 Å². The Morgan fingerprint density at radius 2 is 2.33 bits per heavy atom. The molecule has 4 N–H and O–H groups in total. The van der Waals surface area contributed by atoms with Gasteiger partial charge in [0, 0.05) is 10.7 Å². The molecule has 0 aliphatic carbocycles. The standard InChI is InChI=1S/C8H9BrN6/c9-5-1-6(10)8(11-2-5)12-3-7-13-4-14-15-7/h1-2,4H,3,10H2,(H,11,12)(H,13,14,15). The third-order valence-electron chi connectivity index (χ3n) is 1.77. The molecule has 0 saturated heterocycles. The highest BCUT2D eigenvalue weighted by atomic mass is 79.9. The summed E-state index contributed by atoms with van der Waals surface area (Å²) in [5.74, 6) is 1.37. The molecule has 2 aromatic rings. The van der Waals surface area contributed by atoms with Crippen LogP contribution in [-0.2, 0) is 6.54 Å². The van der Waals surface area contributed by atoms with Crippen LogP contribution in [-0.4, -0.2) is 20.2 Å². The summed E-state index contributed by atoms with van der Waals surface area (Å²) < 4.78 is 0.852. The summed E-state index contributed by atoms with van der Waals surface area (Å²) in [4.78, 5) is 8.10. The van der Waals surface area contributed by atoms with Gasteiger partial charge in [-0.05, 0) is 22.0 Å². The van der Waals surface area contributed by atoms with E-state index in [1.54, 1.807) is 12.3 Å². The number of nitrogens with zero attached hydrogens (tertiary/aromatic N) is 3. The molecule has 0 fully saturated rings. The largest absolute Gasteiger partial charge is 0.396 e. The van der Waals surface area contributed by atoms with Crippen molar-refractivity contribution in [3.05, 3.63) is 28.9 Å². The summed E-state index contributed by atoms with van der Waals surface area (Å²) >= 11 is 3.29. The molecule has 0 aliphatic heterocycles. The lowest BCUT2D eigenvalue weighted by atomic mass is 10.4. The quantitative estimate of drug-likeness (QED) is 0.777. The molecular weight excluding hydrogens is 260 g/mol. The van der Waals surface area contributed by atoms with Crippen LogP contribution in [0.2, 0.25) is 0 Å². The number of hydrogen-bond acceptors (Lipinski definition) is 5. The number of anilines is 2. The molecule has 2 rings (SSSR count). The maximum atomic E-state index is 5.76. The second-order valence-electron chi connectivity index (χ2n) is 2.88. The molecule has 0 spiro atoms. The minimum absolute atomic E-state index is 0.513. The fourth-order valence-electron chi connectivity index (χ4n) is 1.09. The number of nitrogens with one attached hydrogen (secondary N) is 2. The molecule has 2 aromatic heterocycles. The summed E-state index contributed by atoms with van der Waals surface area (Å²) in [7, 11) is 0. The van der Waals surface area contributed by atoms with Gasteiger partial charge in [0.15, 0.2) is 0 Å². The van der Waals surface area contributed by atoms with Crippen LogP contribution in [0.5, 0.6) is 0 Å². The first-order valence-electron chi connectivity index (χ1n) is 4.25. The molecular formula is C8H9BrN6. The average molecular weight is 269 g/mol. The van der Waals surface area contributed by atoms with Crippen molar-refractivity contribution < 1.29 is 0 Å². The van der Waals surface area contributed by atoms with Gasteiger partial charge in [0.05, 0.1) is 12.2 Å². The van der Waals surface area contributed by atoms with Gasteiger partial charge in [-0.25, -0.2) is 9.97 Å². The Balaban J connectivity index is 2.05. The van der Waals surface area contributed by atoms with Crippen molar-refractivity contribution in [3.8, 4) is 0 Å². The van der Waals surface area contributed by atoms with Crippen molar-refractivity contribution >= 4 is 27.4 Å². The molecule has 0 saturated carbocycles. The number of pyridine rings is 1. The van der Waals surface area contributed by atoms with E-state index in [1.807, 2.05) is 0 Å². The number of nitrogen functional groups attached to an aromatic ring is 1. The normalized spacial score (nSPS) is 10.2. The molecule has 0 unspecified atom stereocenters. The minimum atomic E-state index is 0.513. The van der Waals surface area contributed by atoms with Gasteiger partial charge in [-0.2, -0.15) is 5.10 Å². The van der Waals surface area contributed by atoms with Crippen molar-refractivity contribution in [1.29, 1.82) is 0 Å². The number of H-pyrrole nitrogens is 1. The summed E-state index contributed by atoms with van der Waals surface area (Å²) in [5.41, 5.74) is 6.35. The van der Waals surface area contributed by atoms with Crippen LogP contribution >= 0.6 is 15.9 Å². The highest BCUT2D eigenvalue weighted by Crippen LogP contribution is 2.19. The predicted molar refractivity (Wildman–Crippen MR) is 60.1 cm³/mol. The van der Waals surface area contributed by atoms with Crippen LogP contribution in [0.25, 0.3) is 0 Å².